The molecule has 5 heteroatoms. The smallest absolute Gasteiger partial charge is 0.422 e. The number of hydrogen-bond acceptors (Lipinski definition) is 2. The van der Waals surface area contributed by atoms with Crippen molar-refractivity contribution in [2.45, 2.75) is 18.5 Å². The Morgan fingerprint density at radius 1 is 0.955 bits per heavy atom. The van der Waals surface area contributed by atoms with E-state index in [-0.39, 0.29) is 0 Å². The van der Waals surface area contributed by atoms with E-state index in [1.807, 2.05) is 30.3 Å². The first-order valence-electron chi connectivity index (χ1n) is 6.78. The Bertz CT molecular complexity index is 594. The van der Waals surface area contributed by atoms with Crippen LogP contribution in [0.2, 0.25) is 0 Å². The first-order valence-corrected chi connectivity index (χ1v) is 6.78. The van der Waals surface area contributed by atoms with Crippen molar-refractivity contribution in [3.8, 4) is 0 Å². The molecule has 0 bridgehead atoms. The van der Waals surface area contributed by atoms with Crippen molar-refractivity contribution in [2.75, 3.05) is 6.61 Å². The maximum Gasteiger partial charge on any atom is 0.422 e. The number of rotatable bonds is 5. The van der Waals surface area contributed by atoms with Gasteiger partial charge in [-0.2, -0.15) is 13.2 Å². The largest absolute Gasteiger partial charge is 0.456 e. The molecule has 0 saturated carbocycles. The lowest BCUT2D eigenvalue weighted by molar-refractivity contribution is -0.187. The predicted molar refractivity (Wildman–Crippen MR) is 76.3 cm³/mol. The zero-order valence-electron chi connectivity index (χ0n) is 11.7. The fourth-order valence-corrected chi connectivity index (χ4v) is 2.13. The summed E-state index contributed by atoms with van der Waals surface area (Å²) in [5.41, 5.74) is 1.50. The van der Waals surface area contributed by atoms with Gasteiger partial charge in [-0.25, -0.2) is 0 Å². The topological polar surface area (TPSA) is 26.3 Å². The number of alkyl halides is 3. The van der Waals surface area contributed by atoms with E-state index in [1.54, 1.807) is 30.3 Å². The molecule has 0 saturated heterocycles. The van der Waals surface area contributed by atoms with E-state index in [0.717, 1.165) is 5.56 Å². The average molecular weight is 308 g/mol. The average Bonchev–Trinajstić information content (AvgIpc) is 2.51. The van der Waals surface area contributed by atoms with Crippen molar-refractivity contribution in [1.29, 1.82) is 0 Å². The zero-order chi connectivity index (χ0) is 16.0. The number of esters is 1. The fourth-order valence-electron chi connectivity index (χ4n) is 2.13. The van der Waals surface area contributed by atoms with Gasteiger partial charge in [0.05, 0.1) is 5.92 Å². The molecule has 2 aromatic rings. The highest BCUT2D eigenvalue weighted by Gasteiger charge is 2.32. The summed E-state index contributed by atoms with van der Waals surface area (Å²) in [5, 5.41) is 0. The standard InChI is InChI=1S/C17H15F3O2/c18-17(19,20)12-22-16(21)15(14-9-5-2-6-10-14)11-13-7-3-1-4-8-13/h1-10,15H,11-12H2. The molecule has 1 atom stereocenters. The van der Waals surface area contributed by atoms with Gasteiger partial charge in [-0.1, -0.05) is 60.7 Å². The molecule has 0 aliphatic heterocycles. The lowest BCUT2D eigenvalue weighted by Gasteiger charge is -2.17. The van der Waals surface area contributed by atoms with Crippen molar-refractivity contribution in [2.24, 2.45) is 0 Å². The summed E-state index contributed by atoms with van der Waals surface area (Å²) in [4.78, 5) is 12.1. The summed E-state index contributed by atoms with van der Waals surface area (Å²) >= 11 is 0. The van der Waals surface area contributed by atoms with Crippen LogP contribution < -0.4 is 0 Å². The summed E-state index contributed by atoms with van der Waals surface area (Å²) in [6.07, 6.45) is -4.23. The van der Waals surface area contributed by atoms with Gasteiger partial charge in [0.15, 0.2) is 6.61 Å². The zero-order valence-corrected chi connectivity index (χ0v) is 11.7. The lowest BCUT2D eigenvalue weighted by Crippen LogP contribution is -2.25. The van der Waals surface area contributed by atoms with Crippen molar-refractivity contribution in [3.63, 3.8) is 0 Å². The van der Waals surface area contributed by atoms with Crippen LogP contribution >= 0.6 is 0 Å². The van der Waals surface area contributed by atoms with Gasteiger partial charge in [0.2, 0.25) is 0 Å². The van der Waals surface area contributed by atoms with Crippen LogP contribution in [-0.4, -0.2) is 18.8 Å². The third kappa shape index (κ3) is 4.91. The van der Waals surface area contributed by atoms with Crippen LogP contribution in [0.4, 0.5) is 13.2 Å². The molecular formula is C17H15F3O2. The Morgan fingerprint density at radius 2 is 1.50 bits per heavy atom. The van der Waals surface area contributed by atoms with Crippen LogP contribution in [0.1, 0.15) is 17.0 Å². The fraction of sp³-hybridized carbons (Fsp3) is 0.235. The second-order valence-corrected chi connectivity index (χ2v) is 4.88. The highest BCUT2D eigenvalue weighted by atomic mass is 19.4. The molecule has 0 aliphatic rings. The SMILES string of the molecule is O=C(OCC(F)(F)F)C(Cc1ccccc1)c1ccccc1. The second kappa shape index (κ2) is 7.11. The van der Waals surface area contributed by atoms with Crippen LogP contribution in [0, 0.1) is 0 Å². The maximum atomic E-state index is 12.2. The van der Waals surface area contributed by atoms with Crippen molar-refractivity contribution < 1.29 is 22.7 Å². The van der Waals surface area contributed by atoms with Gasteiger partial charge in [0.25, 0.3) is 0 Å². The van der Waals surface area contributed by atoms with Crippen molar-refractivity contribution in [1.82, 2.24) is 0 Å². The van der Waals surface area contributed by atoms with Crippen LogP contribution in [0.15, 0.2) is 60.7 Å². The van der Waals surface area contributed by atoms with Gasteiger partial charge in [0, 0.05) is 0 Å². The van der Waals surface area contributed by atoms with E-state index in [9.17, 15) is 18.0 Å². The molecule has 0 spiro atoms. The van der Waals surface area contributed by atoms with Gasteiger partial charge < -0.3 is 4.74 Å². The summed E-state index contributed by atoms with van der Waals surface area (Å²) < 4.78 is 41.1. The molecule has 0 aliphatic carbocycles. The minimum atomic E-state index is -4.52. The van der Waals surface area contributed by atoms with E-state index >= 15 is 0 Å². The first kappa shape index (κ1) is 16.1. The monoisotopic (exact) mass is 308 g/mol. The van der Waals surface area contributed by atoms with Crippen molar-refractivity contribution >= 4 is 5.97 Å². The molecule has 0 aromatic heterocycles. The Labute approximate surface area is 126 Å². The number of benzene rings is 2. The number of carbonyl (C=O) groups excluding carboxylic acids is 1. The third-order valence-electron chi connectivity index (χ3n) is 3.15. The molecule has 116 valence electrons. The number of ether oxygens (including phenoxy) is 1. The van der Waals surface area contributed by atoms with Gasteiger partial charge in [0.1, 0.15) is 0 Å². The molecule has 2 rings (SSSR count). The number of carbonyl (C=O) groups is 1. The van der Waals surface area contributed by atoms with E-state index in [1.165, 1.54) is 0 Å². The molecule has 2 nitrogen and oxygen atoms in total. The minimum Gasteiger partial charge on any atom is -0.456 e. The minimum absolute atomic E-state index is 0.293. The van der Waals surface area contributed by atoms with Crippen LogP contribution in [0.3, 0.4) is 0 Å². The summed E-state index contributed by atoms with van der Waals surface area (Å²) in [6, 6.07) is 17.8. The molecule has 0 N–H and O–H groups in total. The van der Waals surface area contributed by atoms with Crippen LogP contribution in [-0.2, 0) is 16.0 Å². The van der Waals surface area contributed by atoms with E-state index < -0.39 is 24.7 Å². The number of hydrogen-bond donors (Lipinski definition) is 0. The lowest BCUT2D eigenvalue weighted by atomic mass is 9.92. The van der Waals surface area contributed by atoms with Crippen LogP contribution in [0.25, 0.3) is 0 Å². The van der Waals surface area contributed by atoms with Crippen LogP contribution in [0.5, 0.6) is 0 Å². The second-order valence-electron chi connectivity index (χ2n) is 4.88. The molecule has 0 heterocycles. The molecule has 22 heavy (non-hydrogen) atoms. The maximum absolute atomic E-state index is 12.2. The van der Waals surface area contributed by atoms with Gasteiger partial charge in [-0.05, 0) is 17.5 Å². The highest BCUT2D eigenvalue weighted by molar-refractivity contribution is 5.78. The Kier molecular flexibility index (Phi) is 5.20. The molecule has 1 unspecified atom stereocenters. The van der Waals surface area contributed by atoms with Gasteiger partial charge in [-0.3, -0.25) is 4.79 Å². The van der Waals surface area contributed by atoms with Crippen molar-refractivity contribution in [3.05, 3.63) is 71.8 Å². The van der Waals surface area contributed by atoms with E-state index in [0.29, 0.717) is 12.0 Å². The summed E-state index contributed by atoms with van der Waals surface area (Å²) in [5.74, 6) is -1.63. The van der Waals surface area contributed by atoms with E-state index in [4.69, 9.17) is 0 Å². The normalized spacial score (nSPS) is 12.7. The Hall–Kier alpha value is -2.30. The predicted octanol–water partition coefficient (Wildman–Crippen LogP) is 4.12. The molecule has 0 fully saturated rings. The molecule has 0 amide bonds. The number of halogens is 3. The highest BCUT2D eigenvalue weighted by Crippen LogP contribution is 2.24. The molecule has 0 radical (unpaired) electrons. The van der Waals surface area contributed by atoms with E-state index in [2.05, 4.69) is 4.74 Å². The molecule has 2 aromatic carbocycles. The Balaban J connectivity index is 2.17. The van der Waals surface area contributed by atoms with Gasteiger partial charge in [-0.15, -0.1) is 0 Å². The first-order chi connectivity index (χ1) is 10.5. The summed E-state index contributed by atoms with van der Waals surface area (Å²) in [6.45, 7) is -1.57. The van der Waals surface area contributed by atoms with Gasteiger partial charge >= 0.3 is 12.1 Å². The quantitative estimate of drug-likeness (QED) is 0.777. The Morgan fingerprint density at radius 3 is 2.05 bits per heavy atom. The third-order valence-corrected chi connectivity index (χ3v) is 3.15. The molecular weight excluding hydrogens is 293 g/mol. The summed E-state index contributed by atoms with van der Waals surface area (Å²) in [7, 11) is 0.